The van der Waals surface area contributed by atoms with Gasteiger partial charge in [0.25, 0.3) is 5.69 Å². The monoisotopic (exact) mass is 338 g/mol. The van der Waals surface area contributed by atoms with Gasteiger partial charge in [-0.25, -0.2) is 4.90 Å². The Morgan fingerprint density at radius 2 is 1.52 bits per heavy atom. The molecular formula is C19H18N2O4. The minimum Gasteiger partial charge on any atom is -0.274 e. The molecule has 1 aliphatic heterocycles. The number of nitro groups is 1. The average molecular weight is 338 g/mol. The molecule has 2 amide bonds. The molecule has 3 fully saturated rings. The van der Waals surface area contributed by atoms with E-state index in [9.17, 15) is 19.7 Å². The second-order valence-electron chi connectivity index (χ2n) is 7.85. The number of aryl methyl sites for hydroxylation is 2. The van der Waals surface area contributed by atoms with E-state index in [0.717, 1.165) is 22.4 Å². The molecule has 128 valence electrons. The molecule has 0 N–H and O–H groups in total. The molecule has 1 aromatic carbocycles. The van der Waals surface area contributed by atoms with Gasteiger partial charge >= 0.3 is 0 Å². The van der Waals surface area contributed by atoms with Crippen molar-refractivity contribution >= 4 is 23.2 Å². The summed E-state index contributed by atoms with van der Waals surface area (Å²) in [5, 5.41) is 11.5. The zero-order chi connectivity index (χ0) is 17.6. The summed E-state index contributed by atoms with van der Waals surface area (Å²) in [5.74, 6) is 0.0708. The lowest BCUT2D eigenvalue weighted by Gasteiger charge is -2.37. The number of hydrogen-bond acceptors (Lipinski definition) is 4. The van der Waals surface area contributed by atoms with Crippen molar-refractivity contribution in [3.63, 3.8) is 0 Å². The molecule has 1 heterocycles. The maximum Gasteiger partial charge on any atom is 0.293 e. The third-order valence-electron chi connectivity index (χ3n) is 6.69. The number of benzene rings is 1. The summed E-state index contributed by atoms with van der Waals surface area (Å²) in [5.41, 5.74) is 1.56. The number of allylic oxidation sites excluding steroid dienone is 2. The quantitative estimate of drug-likeness (QED) is 0.359. The van der Waals surface area contributed by atoms with Crippen LogP contribution in [0.5, 0.6) is 0 Å². The lowest BCUT2D eigenvalue weighted by atomic mass is 9.63. The van der Waals surface area contributed by atoms with Gasteiger partial charge in [0.15, 0.2) is 0 Å². The molecular weight excluding hydrogens is 320 g/mol. The van der Waals surface area contributed by atoms with Gasteiger partial charge in [0.2, 0.25) is 11.8 Å². The van der Waals surface area contributed by atoms with Gasteiger partial charge in [0, 0.05) is 6.07 Å². The number of carbonyl (C=O) groups excluding carboxylic acids is 2. The van der Waals surface area contributed by atoms with Crippen LogP contribution in [0.3, 0.4) is 0 Å². The van der Waals surface area contributed by atoms with Crippen LogP contribution in [-0.2, 0) is 9.59 Å². The van der Waals surface area contributed by atoms with Crippen molar-refractivity contribution in [2.24, 2.45) is 35.5 Å². The third kappa shape index (κ3) is 1.74. The van der Waals surface area contributed by atoms with Crippen molar-refractivity contribution in [2.45, 2.75) is 20.3 Å². The van der Waals surface area contributed by atoms with Crippen LogP contribution in [0.4, 0.5) is 11.4 Å². The maximum atomic E-state index is 13.1. The molecule has 0 spiro atoms. The number of carbonyl (C=O) groups is 2. The van der Waals surface area contributed by atoms with Crippen molar-refractivity contribution in [1.29, 1.82) is 0 Å². The van der Waals surface area contributed by atoms with E-state index < -0.39 is 4.92 Å². The normalized spacial score (nSPS) is 37.3. The highest BCUT2D eigenvalue weighted by molar-refractivity contribution is 6.23. The summed E-state index contributed by atoms with van der Waals surface area (Å²) in [6.45, 7) is 3.62. The van der Waals surface area contributed by atoms with Crippen LogP contribution in [0.2, 0.25) is 0 Å². The zero-order valence-corrected chi connectivity index (χ0v) is 14.0. The fourth-order valence-corrected chi connectivity index (χ4v) is 5.31. The highest BCUT2D eigenvalue weighted by Gasteiger charge is 2.67. The van der Waals surface area contributed by atoms with Gasteiger partial charge in [-0.15, -0.1) is 0 Å². The first-order valence-corrected chi connectivity index (χ1v) is 8.72. The molecule has 4 aliphatic carbocycles. The van der Waals surface area contributed by atoms with Crippen LogP contribution in [0.25, 0.3) is 0 Å². The molecule has 6 nitrogen and oxygen atoms in total. The van der Waals surface area contributed by atoms with Crippen LogP contribution >= 0.6 is 0 Å². The number of anilines is 1. The first kappa shape index (κ1) is 14.8. The van der Waals surface area contributed by atoms with Gasteiger partial charge < -0.3 is 0 Å². The van der Waals surface area contributed by atoms with Gasteiger partial charge in [-0.2, -0.15) is 0 Å². The molecule has 6 rings (SSSR count). The SMILES string of the molecule is Cc1cc(N2C(=O)[C@@H]3[C@@H]4C=C[C@H]([C@H]5C[C@H]45)[C@@H]3C2=O)c([N+](=O)[O-])cc1C. The number of nitro benzene ring substituents is 1. The van der Waals surface area contributed by atoms with E-state index in [1.165, 1.54) is 6.07 Å². The summed E-state index contributed by atoms with van der Waals surface area (Å²) in [6, 6.07) is 3.06. The van der Waals surface area contributed by atoms with Crippen LogP contribution in [0.1, 0.15) is 17.5 Å². The second-order valence-corrected chi connectivity index (χ2v) is 7.85. The van der Waals surface area contributed by atoms with E-state index in [-0.39, 0.29) is 46.9 Å². The van der Waals surface area contributed by atoms with Crippen molar-refractivity contribution in [1.82, 2.24) is 0 Å². The van der Waals surface area contributed by atoms with Crippen LogP contribution in [-0.4, -0.2) is 16.7 Å². The van der Waals surface area contributed by atoms with Crippen LogP contribution < -0.4 is 4.90 Å². The Morgan fingerprint density at radius 1 is 1.00 bits per heavy atom. The van der Waals surface area contributed by atoms with Crippen molar-refractivity contribution < 1.29 is 14.5 Å². The summed E-state index contributed by atoms with van der Waals surface area (Å²) in [6.07, 6.45) is 5.30. The molecule has 6 atom stereocenters. The fourth-order valence-electron chi connectivity index (χ4n) is 5.31. The van der Waals surface area contributed by atoms with Gasteiger partial charge in [-0.3, -0.25) is 19.7 Å². The molecule has 1 saturated heterocycles. The predicted octanol–water partition coefficient (Wildman–Crippen LogP) is 2.77. The van der Waals surface area contributed by atoms with E-state index in [1.807, 2.05) is 6.92 Å². The molecule has 0 radical (unpaired) electrons. The average Bonchev–Trinajstić information content (AvgIpc) is 3.34. The zero-order valence-electron chi connectivity index (χ0n) is 14.0. The van der Waals surface area contributed by atoms with Gasteiger partial charge in [-0.05, 0) is 61.1 Å². The van der Waals surface area contributed by atoms with E-state index in [2.05, 4.69) is 12.2 Å². The van der Waals surface area contributed by atoms with E-state index >= 15 is 0 Å². The number of imide groups is 1. The summed E-state index contributed by atoms with van der Waals surface area (Å²) >= 11 is 0. The highest BCUT2D eigenvalue weighted by Crippen LogP contribution is 2.65. The number of nitrogens with zero attached hydrogens (tertiary/aromatic N) is 2. The lowest BCUT2D eigenvalue weighted by Crippen LogP contribution is -2.40. The van der Waals surface area contributed by atoms with Gasteiger partial charge in [0.1, 0.15) is 5.69 Å². The minimum absolute atomic E-state index is 0.118. The van der Waals surface area contributed by atoms with Crippen LogP contribution in [0.15, 0.2) is 24.3 Å². The third-order valence-corrected chi connectivity index (χ3v) is 6.69. The Kier molecular flexibility index (Phi) is 2.70. The van der Waals surface area contributed by atoms with E-state index in [1.54, 1.807) is 13.0 Å². The standard InChI is InChI=1S/C19H18N2O4/c1-8-5-14(15(21(24)25)6-9(8)2)20-18(22)16-10-3-4-11(13-7-12(10)13)17(16)19(20)23/h3-6,10-13,16-17H,7H2,1-2H3/t10-,11-,12-,13-,16-,17+/m1/s1. The molecule has 5 aliphatic rings. The number of amides is 2. The Hall–Kier alpha value is -2.50. The number of hydrogen-bond donors (Lipinski definition) is 0. The first-order chi connectivity index (χ1) is 11.9. The van der Waals surface area contributed by atoms with E-state index in [4.69, 9.17) is 0 Å². The highest BCUT2D eigenvalue weighted by atomic mass is 16.6. The Labute approximate surface area is 144 Å². The minimum atomic E-state index is -0.505. The Morgan fingerprint density at radius 3 is 2.04 bits per heavy atom. The van der Waals surface area contributed by atoms with Crippen molar-refractivity contribution in [2.75, 3.05) is 4.90 Å². The van der Waals surface area contributed by atoms with E-state index in [0.29, 0.717) is 11.8 Å². The summed E-state index contributed by atoms with van der Waals surface area (Å²) in [4.78, 5) is 38.4. The predicted molar refractivity (Wildman–Crippen MR) is 89.8 cm³/mol. The fraction of sp³-hybridized carbons (Fsp3) is 0.474. The molecule has 2 bridgehead atoms. The Bertz CT molecular complexity index is 854. The Balaban J connectivity index is 1.63. The molecule has 2 saturated carbocycles. The lowest BCUT2D eigenvalue weighted by molar-refractivity contribution is -0.384. The molecule has 25 heavy (non-hydrogen) atoms. The largest absolute Gasteiger partial charge is 0.293 e. The maximum absolute atomic E-state index is 13.1. The summed E-state index contributed by atoms with van der Waals surface area (Å²) in [7, 11) is 0. The molecule has 0 unspecified atom stereocenters. The molecule has 0 aromatic heterocycles. The van der Waals surface area contributed by atoms with Gasteiger partial charge in [0.05, 0.1) is 16.8 Å². The topological polar surface area (TPSA) is 80.5 Å². The smallest absolute Gasteiger partial charge is 0.274 e. The van der Waals surface area contributed by atoms with Gasteiger partial charge in [-0.1, -0.05) is 12.2 Å². The first-order valence-electron chi connectivity index (χ1n) is 8.72. The molecule has 6 heteroatoms. The summed E-state index contributed by atoms with van der Waals surface area (Å²) < 4.78 is 0. The second kappa shape index (κ2) is 4.56. The number of rotatable bonds is 2. The van der Waals surface area contributed by atoms with Crippen molar-refractivity contribution in [3.05, 3.63) is 45.5 Å². The molecule has 1 aromatic rings. The van der Waals surface area contributed by atoms with Crippen LogP contribution in [0, 0.1) is 59.5 Å². The van der Waals surface area contributed by atoms with Crippen molar-refractivity contribution in [3.8, 4) is 0 Å².